The van der Waals surface area contributed by atoms with Gasteiger partial charge in [-0.25, -0.2) is 0 Å². The van der Waals surface area contributed by atoms with Gasteiger partial charge in [-0.05, 0) is 30.3 Å². The molecule has 1 aromatic heterocycles. The van der Waals surface area contributed by atoms with Gasteiger partial charge in [0, 0.05) is 11.2 Å². The number of nitrogens with one attached hydrogen (secondary N) is 2. The molecule has 0 bridgehead atoms. The molecule has 5 nitrogen and oxygen atoms in total. The fourth-order valence-corrected chi connectivity index (χ4v) is 1.97. The van der Waals surface area contributed by atoms with Crippen LogP contribution in [0.25, 0.3) is 0 Å². The zero-order valence-electron chi connectivity index (χ0n) is 11.5. The summed E-state index contributed by atoms with van der Waals surface area (Å²) >= 11 is 5.77. The predicted molar refractivity (Wildman–Crippen MR) is 78.9 cm³/mol. The number of hydrogen-bond acceptors (Lipinski definition) is 3. The normalized spacial score (nSPS) is 11.1. The van der Waals surface area contributed by atoms with Crippen LogP contribution in [0.3, 0.4) is 0 Å². The van der Waals surface area contributed by atoms with Crippen LogP contribution in [0.4, 0.5) is 18.9 Å². The zero-order chi connectivity index (χ0) is 17.0. The smallest absolute Gasteiger partial charge is 0.306 e. The van der Waals surface area contributed by atoms with Crippen molar-refractivity contribution in [3.63, 3.8) is 0 Å². The molecule has 2 rings (SSSR count). The average Bonchev–Trinajstić information content (AvgIpc) is 2.46. The highest BCUT2D eigenvalue weighted by Crippen LogP contribution is 2.25. The molecule has 0 fully saturated rings. The van der Waals surface area contributed by atoms with Crippen molar-refractivity contribution in [3.05, 3.63) is 63.5 Å². The molecule has 0 aliphatic heterocycles. The van der Waals surface area contributed by atoms with Gasteiger partial charge in [-0.2, -0.15) is 13.2 Å². The molecule has 0 radical (unpaired) electrons. The Morgan fingerprint density at radius 1 is 1.22 bits per heavy atom. The summed E-state index contributed by atoms with van der Waals surface area (Å²) < 4.78 is 38.6. The molecule has 0 spiro atoms. The standard InChI is InChI=1S/C14H11ClF3N3O2/c15-9-3-1-4-10(7-9)19-20-12(22)8-21-6-2-5-11(13(21)23)14(16,17)18/h1-7,19H,8H2,(H,20,22). The van der Waals surface area contributed by atoms with Crippen LogP contribution >= 0.6 is 11.6 Å². The number of pyridine rings is 1. The Hall–Kier alpha value is -2.48. The number of alkyl halides is 3. The molecule has 1 aromatic carbocycles. The molecule has 1 amide bonds. The summed E-state index contributed by atoms with van der Waals surface area (Å²) in [6.07, 6.45) is -3.66. The third kappa shape index (κ3) is 4.49. The van der Waals surface area contributed by atoms with Crippen molar-refractivity contribution >= 4 is 23.2 Å². The summed E-state index contributed by atoms with van der Waals surface area (Å²) in [5, 5.41) is 0.443. The second kappa shape index (κ2) is 6.74. The van der Waals surface area contributed by atoms with Crippen molar-refractivity contribution < 1.29 is 18.0 Å². The number of benzene rings is 1. The number of hydrazine groups is 1. The zero-order valence-corrected chi connectivity index (χ0v) is 12.3. The molecule has 2 N–H and O–H groups in total. The van der Waals surface area contributed by atoms with Gasteiger partial charge in [0.1, 0.15) is 12.1 Å². The van der Waals surface area contributed by atoms with E-state index in [1.165, 1.54) is 6.07 Å². The Bertz CT molecular complexity index is 774. The lowest BCUT2D eigenvalue weighted by atomic mass is 10.2. The minimum absolute atomic E-state index is 0.443. The molecule has 0 unspecified atom stereocenters. The Morgan fingerprint density at radius 3 is 2.61 bits per heavy atom. The van der Waals surface area contributed by atoms with E-state index >= 15 is 0 Å². The lowest BCUT2D eigenvalue weighted by molar-refractivity contribution is -0.139. The van der Waals surface area contributed by atoms with Crippen LogP contribution in [0.15, 0.2) is 47.4 Å². The molecule has 0 aliphatic carbocycles. The fourth-order valence-electron chi connectivity index (χ4n) is 1.78. The monoisotopic (exact) mass is 345 g/mol. The number of anilines is 1. The highest BCUT2D eigenvalue weighted by atomic mass is 35.5. The van der Waals surface area contributed by atoms with E-state index in [4.69, 9.17) is 11.6 Å². The third-order valence-corrected chi connectivity index (χ3v) is 3.05. The molecule has 122 valence electrons. The summed E-state index contributed by atoms with van der Waals surface area (Å²) in [7, 11) is 0. The van der Waals surface area contributed by atoms with Gasteiger partial charge in [-0.1, -0.05) is 17.7 Å². The van der Waals surface area contributed by atoms with Gasteiger partial charge < -0.3 is 4.57 Å². The van der Waals surface area contributed by atoms with Crippen molar-refractivity contribution in [1.82, 2.24) is 9.99 Å². The minimum atomic E-state index is -4.77. The minimum Gasteiger partial charge on any atom is -0.306 e. The Balaban J connectivity index is 2.05. The molecular formula is C14H11ClF3N3O2. The van der Waals surface area contributed by atoms with Gasteiger partial charge in [0.05, 0.1) is 5.69 Å². The predicted octanol–water partition coefficient (Wildman–Crippen LogP) is 2.66. The number of carbonyl (C=O) groups excluding carboxylic acids is 1. The van der Waals surface area contributed by atoms with Crippen molar-refractivity contribution in [2.45, 2.75) is 12.7 Å². The maximum Gasteiger partial charge on any atom is 0.421 e. The summed E-state index contributed by atoms with van der Waals surface area (Å²) in [4.78, 5) is 23.4. The Kier molecular flexibility index (Phi) is 4.95. The number of nitrogens with zero attached hydrogens (tertiary/aromatic N) is 1. The van der Waals surface area contributed by atoms with Crippen molar-refractivity contribution in [1.29, 1.82) is 0 Å². The van der Waals surface area contributed by atoms with Crippen LogP contribution in [0, 0.1) is 0 Å². The molecule has 0 saturated heterocycles. The molecule has 9 heteroatoms. The van der Waals surface area contributed by atoms with E-state index in [1.807, 2.05) is 0 Å². The van der Waals surface area contributed by atoms with E-state index in [1.54, 1.807) is 18.2 Å². The summed E-state index contributed by atoms with van der Waals surface area (Å²) in [5.41, 5.74) is 2.70. The number of rotatable bonds is 4. The van der Waals surface area contributed by atoms with E-state index in [-0.39, 0.29) is 0 Å². The SMILES string of the molecule is O=C(Cn1cccc(C(F)(F)F)c1=O)NNc1cccc(Cl)c1. The van der Waals surface area contributed by atoms with Crippen molar-refractivity contribution in [2.75, 3.05) is 5.43 Å². The summed E-state index contributed by atoms with van der Waals surface area (Å²) in [6.45, 7) is -0.559. The second-order valence-corrected chi connectivity index (χ2v) is 4.97. The van der Waals surface area contributed by atoms with E-state index in [0.717, 1.165) is 12.3 Å². The first kappa shape index (κ1) is 16.9. The first-order valence-electron chi connectivity index (χ1n) is 6.34. The lowest BCUT2D eigenvalue weighted by Gasteiger charge is -2.11. The second-order valence-electron chi connectivity index (χ2n) is 4.54. The van der Waals surface area contributed by atoms with Crippen LogP contribution in [0.5, 0.6) is 0 Å². The Morgan fingerprint density at radius 2 is 1.96 bits per heavy atom. The fraction of sp³-hybridized carbons (Fsp3) is 0.143. The molecule has 0 atom stereocenters. The van der Waals surface area contributed by atoms with E-state index in [0.29, 0.717) is 21.3 Å². The first-order valence-corrected chi connectivity index (χ1v) is 6.72. The van der Waals surface area contributed by atoms with Crippen molar-refractivity contribution in [3.8, 4) is 0 Å². The number of aromatic nitrogens is 1. The van der Waals surface area contributed by atoms with Gasteiger partial charge in [0.15, 0.2) is 0 Å². The summed E-state index contributed by atoms with van der Waals surface area (Å²) in [5.74, 6) is -0.689. The van der Waals surface area contributed by atoms with E-state index in [9.17, 15) is 22.8 Å². The van der Waals surface area contributed by atoms with Gasteiger partial charge >= 0.3 is 6.18 Å². The van der Waals surface area contributed by atoms with Gasteiger partial charge in [0.25, 0.3) is 11.5 Å². The molecule has 0 aliphatic rings. The third-order valence-electron chi connectivity index (χ3n) is 2.81. The van der Waals surface area contributed by atoms with Gasteiger partial charge in [-0.15, -0.1) is 0 Å². The largest absolute Gasteiger partial charge is 0.421 e. The molecular weight excluding hydrogens is 335 g/mol. The van der Waals surface area contributed by atoms with E-state index in [2.05, 4.69) is 10.9 Å². The van der Waals surface area contributed by atoms with Crippen LogP contribution in [0.1, 0.15) is 5.56 Å². The van der Waals surface area contributed by atoms with Gasteiger partial charge in [-0.3, -0.25) is 20.4 Å². The quantitative estimate of drug-likeness (QED) is 0.837. The number of carbonyl (C=O) groups is 1. The van der Waals surface area contributed by atoms with Crippen LogP contribution in [-0.4, -0.2) is 10.5 Å². The Labute approximate surface area is 133 Å². The average molecular weight is 346 g/mol. The maximum absolute atomic E-state index is 12.6. The number of hydrogen-bond donors (Lipinski definition) is 2. The van der Waals surface area contributed by atoms with Crippen LogP contribution < -0.4 is 16.4 Å². The van der Waals surface area contributed by atoms with Crippen LogP contribution in [0.2, 0.25) is 5.02 Å². The molecule has 0 saturated carbocycles. The number of amides is 1. The van der Waals surface area contributed by atoms with Gasteiger partial charge in [0.2, 0.25) is 0 Å². The molecule has 1 heterocycles. The van der Waals surface area contributed by atoms with Crippen LogP contribution in [-0.2, 0) is 17.5 Å². The first-order chi connectivity index (χ1) is 10.8. The molecule has 2 aromatic rings. The maximum atomic E-state index is 12.6. The highest BCUT2D eigenvalue weighted by Gasteiger charge is 2.34. The molecule has 23 heavy (non-hydrogen) atoms. The highest BCUT2D eigenvalue weighted by molar-refractivity contribution is 6.30. The lowest BCUT2D eigenvalue weighted by Crippen LogP contribution is -2.37. The van der Waals surface area contributed by atoms with E-state index < -0.39 is 29.8 Å². The summed E-state index contributed by atoms with van der Waals surface area (Å²) in [6, 6.07) is 8.18. The topological polar surface area (TPSA) is 63.1 Å². The number of halogens is 4. The van der Waals surface area contributed by atoms with Crippen molar-refractivity contribution in [2.24, 2.45) is 0 Å².